The molecule has 1 unspecified atom stereocenters. The number of rotatable bonds is 4. The van der Waals surface area contributed by atoms with Crippen molar-refractivity contribution in [3.63, 3.8) is 0 Å². The second kappa shape index (κ2) is 8.65. The van der Waals surface area contributed by atoms with Crippen LogP contribution >= 0.6 is 11.8 Å². The van der Waals surface area contributed by atoms with E-state index in [2.05, 4.69) is 0 Å². The van der Waals surface area contributed by atoms with Gasteiger partial charge in [-0.1, -0.05) is 0 Å². The van der Waals surface area contributed by atoms with E-state index >= 15 is 0 Å². The molecule has 3 rings (SSSR count). The third-order valence-electron chi connectivity index (χ3n) is 4.98. The Morgan fingerprint density at radius 1 is 1.11 bits per heavy atom. The lowest BCUT2D eigenvalue weighted by atomic mass is 10.1. The van der Waals surface area contributed by atoms with Crippen LogP contribution in [-0.4, -0.2) is 73.3 Å². The van der Waals surface area contributed by atoms with Gasteiger partial charge in [0, 0.05) is 49.7 Å². The summed E-state index contributed by atoms with van der Waals surface area (Å²) in [6, 6.07) is 7.82. The Labute approximate surface area is 163 Å². The Hall–Kier alpha value is -2.22. The minimum absolute atomic E-state index is 0.00454. The normalized spacial score (nSPS) is 20.1. The molecule has 0 spiro atoms. The highest BCUT2D eigenvalue weighted by Gasteiger charge is 2.38. The first kappa shape index (κ1) is 19.5. The van der Waals surface area contributed by atoms with Crippen molar-refractivity contribution in [1.29, 1.82) is 0 Å². The van der Waals surface area contributed by atoms with Crippen molar-refractivity contribution < 1.29 is 19.1 Å². The largest absolute Gasteiger partial charge is 0.450 e. The van der Waals surface area contributed by atoms with Gasteiger partial charge in [-0.2, -0.15) is 0 Å². The maximum Gasteiger partial charge on any atom is 0.409 e. The van der Waals surface area contributed by atoms with Crippen LogP contribution in [0.3, 0.4) is 0 Å². The monoisotopic (exact) mass is 391 g/mol. The molecule has 8 heteroatoms. The molecule has 2 heterocycles. The fraction of sp³-hybridized carbons (Fsp3) is 0.526. The number of benzene rings is 1. The van der Waals surface area contributed by atoms with Gasteiger partial charge in [-0.3, -0.25) is 9.59 Å². The first-order chi connectivity index (χ1) is 13.0. The third kappa shape index (κ3) is 4.37. The van der Waals surface area contributed by atoms with Gasteiger partial charge < -0.3 is 19.4 Å². The van der Waals surface area contributed by atoms with Crippen molar-refractivity contribution in [2.75, 3.05) is 50.5 Å². The molecule has 1 aromatic carbocycles. The Morgan fingerprint density at radius 3 is 2.33 bits per heavy atom. The van der Waals surface area contributed by atoms with Crippen molar-refractivity contribution in [3.05, 3.63) is 24.3 Å². The minimum atomic E-state index is -0.333. The highest BCUT2D eigenvalue weighted by Crippen LogP contribution is 2.28. The smallest absolute Gasteiger partial charge is 0.409 e. The van der Waals surface area contributed by atoms with Crippen molar-refractivity contribution in [3.8, 4) is 0 Å². The van der Waals surface area contributed by atoms with Crippen molar-refractivity contribution in [2.24, 2.45) is 5.92 Å². The van der Waals surface area contributed by atoms with E-state index in [1.54, 1.807) is 33.4 Å². The zero-order chi connectivity index (χ0) is 19.4. The van der Waals surface area contributed by atoms with Gasteiger partial charge in [0.2, 0.25) is 11.8 Å². The molecule has 27 heavy (non-hydrogen) atoms. The van der Waals surface area contributed by atoms with Crippen molar-refractivity contribution in [1.82, 2.24) is 9.80 Å². The molecular weight excluding hydrogens is 366 g/mol. The van der Waals surface area contributed by atoms with Crippen LogP contribution < -0.4 is 4.90 Å². The van der Waals surface area contributed by atoms with E-state index in [0.717, 1.165) is 10.6 Å². The number of hydrogen-bond donors (Lipinski definition) is 0. The quantitative estimate of drug-likeness (QED) is 0.735. The molecule has 0 N–H and O–H groups in total. The van der Waals surface area contributed by atoms with Gasteiger partial charge in [0.25, 0.3) is 0 Å². The van der Waals surface area contributed by atoms with E-state index < -0.39 is 0 Å². The molecule has 1 atom stereocenters. The van der Waals surface area contributed by atoms with Gasteiger partial charge in [0.05, 0.1) is 12.5 Å². The maximum absolute atomic E-state index is 12.8. The molecule has 2 aliphatic heterocycles. The standard InChI is InChI=1S/C19H25N3O4S/c1-3-26-19(25)21-10-8-20(9-11-21)18(24)14-12-17(23)22(13-14)15-4-6-16(27-2)7-5-15/h4-7,14H,3,8-13H2,1-2H3. The summed E-state index contributed by atoms with van der Waals surface area (Å²) in [6.07, 6.45) is 1.91. The Kier molecular flexibility index (Phi) is 6.26. The number of amides is 3. The summed E-state index contributed by atoms with van der Waals surface area (Å²) < 4.78 is 5.00. The third-order valence-corrected chi connectivity index (χ3v) is 5.72. The molecule has 7 nitrogen and oxygen atoms in total. The van der Waals surface area contributed by atoms with Gasteiger partial charge in [-0.15, -0.1) is 11.8 Å². The summed E-state index contributed by atoms with van der Waals surface area (Å²) in [5.74, 6) is -0.350. The van der Waals surface area contributed by atoms with Crippen molar-refractivity contribution in [2.45, 2.75) is 18.2 Å². The van der Waals surface area contributed by atoms with Crippen LogP contribution in [0.25, 0.3) is 0 Å². The second-order valence-electron chi connectivity index (χ2n) is 6.61. The molecule has 2 fully saturated rings. The summed E-state index contributed by atoms with van der Waals surface area (Å²) in [4.78, 5) is 43.2. The zero-order valence-corrected chi connectivity index (χ0v) is 16.5. The number of anilines is 1. The van der Waals surface area contributed by atoms with Crippen LogP contribution in [0.1, 0.15) is 13.3 Å². The van der Waals surface area contributed by atoms with E-state index in [-0.39, 0.29) is 30.2 Å². The molecular formula is C19H25N3O4S. The number of hydrogen-bond acceptors (Lipinski definition) is 5. The highest BCUT2D eigenvalue weighted by molar-refractivity contribution is 7.98. The number of thioether (sulfide) groups is 1. The first-order valence-corrected chi connectivity index (χ1v) is 10.4. The van der Waals surface area contributed by atoms with Crippen LogP contribution in [0.2, 0.25) is 0 Å². The van der Waals surface area contributed by atoms with Gasteiger partial charge >= 0.3 is 6.09 Å². The predicted octanol–water partition coefficient (Wildman–Crippen LogP) is 2.06. The van der Waals surface area contributed by atoms with Crippen LogP contribution in [0.15, 0.2) is 29.2 Å². The molecule has 1 aromatic rings. The van der Waals surface area contributed by atoms with Crippen molar-refractivity contribution >= 4 is 35.4 Å². The lowest BCUT2D eigenvalue weighted by Gasteiger charge is -2.35. The van der Waals surface area contributed by atoms with E-state index in [1.807, 2.05) is 30.5 Å². The van der Waals surface area contributed by atoms with E-state index in [9.17, 15) is 14.4 Å². The van der Waals surface area contributed by atoms with Crippen LogP contribution in [0.5, 0.6) is 0 Å². The van der Waals surface area contributed by atoms with Gasteiger partial charge in [-0.05, 0) is 37.4 Å². The lowest BCUT2D eigenvalue weighted by Crippen LogP contribution is -2.52. The fourth-order valence-electron chi connectivity index (χ4n) is 3.47. The Bertz CT molecular complexity index is 701. The SMILES string of the molecule is CCOC(=O)N1CCN(C(=O)C2CC(=O)N(c3ccc(SC)cc3)C2)CC1. The van der Waals surface area contributed by atoms with Crippen LogP contribution in [0.4, 0.5) is 10.5 Å². The van der Waals surface area contributed by atoms with E-state index in [4.69, 9.17) is 4.74 Å². The second-order valence-corrected chi connectivity index (χ2v) is 7.49. The molecule has 0 aliphatic carbocycles. The minimum Gasteiger partial charge on any atom is -0.450 e. The molecule has 2 aliphatic rings. The lowest BCUT2D eigenvalue weighted by molar-refractivity contribution is -0.137. The van der Waals surface area contributed by atoms with Gasteiger partial charge in [0.15, 0.2) is 0 Å². The molecule has 146 valence electrons. The molecule has 0 radical (unpaired) electrons. The molecule has 3 amide bonds. The number of carbonyl (C=O) groups excluding carboxylic acids is 3. The highest BCUT2D eigenvalue weighted by atomic mass is 32.2. The number of piperazine rings is 1. The van der Waals surface area contributed by atoms with E-state index in [1.165, 1.54) is 0 Å². The fourth-order valence-corrected chi connectivity index (χ4v) is 3.88. The summed E-state index contributed by atoms with van der Waals surface area (Å²) >= 11 is 1.65. The van der Waals surface area contributed by atoms with Gasteiger partial charge in [0.1, 0.15) is 0 Å². The maximum atomic E-state index is 12.8. The first-order valence-electron chi connectivity index (χ1n) is 9.18. The number of nitrogens with zero attached hydrogens (tertiary/aromatic N) is 3. The zero-order valence-electron chi connectivity index (χ0n) is 15.7. The average Bonchev–Trinajstić information content (AvgIpc) is 3.09. The summed E-state index contributed by atoms with van der Waals surface area (Å²) in [5, 5.41) is 0. The van der Waals surface area contributed by atoms with Crippen LogP contribution in [0, 0.1) is 5.92 Å². The molecule has 0 aromatic heterocycles. The Balaban J connectivity index is 1.57. The van der Waals surface area contributed by atoms with Gasteiger partial charge in [-0.25, -0.2) is 4.79 Å². The van der Waals surface area contributed by atoms with Crippen LogP contribution in [-0.2, 0) is 14.3 Å². The predicted molar refractivity (Wildman–Crippen MR) is 104 cm³/mol. The topological polar surface area (TPSA) is 70.2 Å². The number of ether oxygens (including phenoxy) is 1. The number of carbonyl (C=O) groups is 3. The summed E-state index contributed by atoms with van der Waals surface area (Å²) in [7, 11) is 0. The molecule has 0 saturated carbocycles. The van der Waals surface area contributed by atoms with E-state index in [0.29, 0.717) is 39.3 Å². The summed E-state index contributed by atoms with van der Waals surface area (Å²) in [5.41, 5.74) is 0.834. The Morgan fingerprint density at radius 2 is 1.74 bits per heavy atom. The molecule has 0 bridgehead atoms. The summed E-state index contributed by atoms with van der Waals surface area (Å²) in [6.45, 7) is 4.41. The average molecular weight is 391 g/mol. The molecule has 2 saturated heterocycles.